The fraction of sp³-hybridized carbons (Fsp3) is 0.400. The van der Waals surface area contributed by atoms with Crippen molar-refractivity contribution >= 4 is 23.1 Å². The lowest BCUT2D eigenvalue weighted by atomic mass is 10.2. The number of nitrogens with two attached hydrogens (primary N) is 1. The molecule has 7 heteroatoms. The largest absolute Gasteiger partial charge is 0.367 e. The van der Waals surface area contributed by atoms with Gasteiger partial charge in [0.15, 0.2) is 0 Å². The van der Waals surface area contributed by atoms with E-state index in [0.29, 0.717) is 11.9 Å². The van der Waals surface area contributed by atoms with Gasteiger partial charge in [0.1, 0.15) is 11.5 Å². The Balaban J connectivity index is 1.71. The summed E-state index contributed by atoms with van der Waals surface area (Å²) in [5, 5.41) is 5.39. The smallest absolute Gasteiger partial charge is 0.268 e. The third kappa shape index (κ3) is 3.42. The van der Waals surface area contributed by atoms with Crippen LogP contribution in [0, 0.1) is 0 Å². The van der Waals surface area contributed by atoms with Gasteiger partial charge in [-0.15, -0.1) is 11.3 Å². The van der Waals surface area contributed by atoms with Crippen LogP contribution in [0.1, 0.15) is 34.2 Å². The van der Waals surface area contributed by atoms with Crippen LogP contribution in [0.4, 0.5) is 5.82 Å². The number of anilines is 1. The molecule has 1 fully saturated rings. The number of primary amides is 1. The summed E-state index contributed by atoms with van der Waals surface area (Å²) in [5.74, 6) is 0.0163. The first-order chi connectivity index (χ1) is 10.7. The molecule has 0 saturated carbocycles. The van der Waals surface area contributed by atoms with Gasteiger partial charge in [-0.2, -0.15) is 0 Å². The third-order valence-electron chi connectivity index (χ3n) is 3.82. The van der Waals surface area contributed by atoms with E-state index in [1.807, 2.05) is 0 Å². The van der Waals surface area contributed by atoms with Gasteiger partial charge in [0.2, 0.25) is 0 Å². The van der Waals surface area contributed by atoms with E-state index in [-0.39, 0.29) is 5.69 Å². The van der Waals surface area contributed by atoms with Crippen molar-refractivity contribution in [3.8, 4) is 0 Å². The minimum absolute atomic E-state index is 0.179. The number of amides is 1. The monoisotopic (exact) mass is 317 g/mol. The number of nitrogens with zero attached hydrogens (tertiary/aromatic N) is 3. The van der Waals surface area contributed by atoms with Crippen LogP contribution in [0.2, 0.25) is 0 Å². The molecule has 116 valence electrons. The molecule has 3 N–H and O–H groups in total. The number of carbonyl (C=O) groups is 1. The summed E-state index contributed by atoms with van der Waals surface area (Å²) >= 11 is 1.77. The predicted molar refractivity (Wildman–Crippen MR) is 86.9 cm³/mol. The van der Waals surface area contributed by atoms with Crippen molar-refractivity contribution < 1.29 is 4.79 Å². The van der Waals surface area contributed by atoms with E-state index >= 15 is 0 Å². The van der Waals surface area contributed by atoms with Crippen LogP contribution >= 0.6 is 11.3 Å². The number of likely N-dealkylation sites (tertiary alicyclic amines) is 1. The second-order valence-electron chi connectivity index (χ2n) is 5.31. The Bertz CT molecular complexity index is 625. The van der Waals surface area contributed by atoms with Gasteiger partial charge in [0.25, 0.3) is 5.91 Å². The SMILES string of the molecule is NC(=O)c1cncc(NCC(c2cccs2)N2CCCC2)n1. The van der Waals surface area contributed by atoms with Crippen molar-refractivity contribution in [3.05, 3.63) is 40.5 Å². The lowest BCUT2D eigenvalue weighted by molar-refractivity contribution is 0.0995. The first-order valence-electron chi connectivity index (χ1n) is 7.37. The molecule has 1 aliphatic rings. The van der Waals surface area contributed by atoms with Gasteiger partial charge in [-0.05, 0) is 37.4 Å². The van der Waals surface area contributed by atoms with Gasteiger partial charge >= 0.3 is 0 Å². The number of aromatic nitrogens is 2. The summed E-state index contributed by atoms with van der Waals surface area (Å²) in [4.78, 5) is 23.2. The summed E-state index contributed by atoms with van der Waals surface area (Å²) in [7, 11) is 0. The molecule has 3 heterocycles. The van der Waals surface area contributed by atoms with Crippen molar-refractivity contribution in [1.82, 2.24) is 14.9 Å². The molecule has 1 saturated heterocycles. The molecule has 0 bridgehead atoms. The zero-order chi connectivity index (χ0) is 15.4. The number of carbonyl (C=O) groups excluding carboxylic acids is 1. The Morgan fingerprint density at radius 1 is 1.41 bits per heavy atom. The fourth-order valence-electron chi connectivity index (χ4n) is 2.71. The minimum Gasteiger partial charge on any atom is -0.367 e. The summed E-state index contributed by atoms with van der Waals surface area (Å²) in [6.07, 6.45) is 5.49. The topological polar surface area (TPSA) is 84.1 Å². The average molecular weight is 317 g/mol. The van der Waals surface area contributed by atoms with Crippen LogP contribution in [0.15, 0.2) is 29.9 Å². The molecule has 3 rings (SSSR count). The van der Waals surface area contributed by atoms with Gasteiger partial charge in [-0.1, -0.05) is 6.07 Å². The highest BCUT2D eigenvalue weighted by atomic mass is 32.1. The average Bonchev–Trinajstić information content (AvgIpc) is 3.21. The van der Waals surface area contributed by atoms with Crippen molar-refractivity contribution in [2.24, 2.45) is 5.73 Å². The van der Waals surface area contributed by atoms with E-state index < -0.39 is 5.91 Å². The highest BCUT2D eigenvalue weighted by Gasteiger charge is 2.24. The van der Waals surface area contributed by atoms with Gasteiger partial charge in [-0.25, -0.2) is 4.98 Å². The molecule has 0 radical (unpaired) electrons. The van der Waals surface area contributed by atoms with Crippen molar-refractivity contribution in [1.29, 1.82) is 0 Å². The van der Waals surface area contributed by atoms with E-state index in [1.165, 1.54) is 23.9 Å². The molecule has 1 unspecified atom stereocenters. The Kier molecular flexibility index (Phi) is 4.65. The van der Waals surface area contributed by atoms with Gasteiger partial charge in [0, 0.05) is 11.4 Å². The third-order valence-corrected chi connectivity index (χ3v) is 4.79. The highest BCUT2D eigenvalue weighted by Crippen LogP contribution is 2.28. The summed E-state index contributed by atoms with van der Waals surface area (Å²) in [6, 6.07) is 4.57. The number of nitrogens with one attached hydrogen (secondary N) is 1. The molecule has 1 amide bonds. The first kappa shape index (κ1) is 14.9. The second-order valence-corrected chi connectivity index (χ2v) is 6.29. The Hall–Kier alpha value is -1.99. The number of hydrogen-bond donors (Lipinski definition) is 2. The highest BCUT2D eigenvalue weighted by molar-refractivity contribution is 7.10. The number of thiophene rings is 1. The van der Waals surface area contributed by atoms with Crippen LogP contribution in [0.3, 0.4) is 0 Å². The lowest BCUT2D eigenvalue weighted by Gasteiger charge is -2.27. The van der Waals surface area contributed by atoms with E-state index in [4.69, 9.17) is 5.73 Å². The molecule has 6 nitrogen and oxygen atoms in total. The van der Waals surface area contributed by atoms with Crippen molar-refractivity contribution in [3.63, 3.8) is 0 Å². The zero-order valence-electron chi connectivity index (χ0n) is 12.2. The van der Waals surface area contributed by atoms with Crippen molar-refractivity contribution in [2.75, 3.05) is 25.0 Å². The molecule has 0 spiro atoms. The van der Waals surface area contributed by atoms with Crippen LogP contribution in [-0.4, -0.2) is 40.4 Å². The minimum atomic E-state index is -0.564. The summed E-state index contributed by atoms with van der Waals surface area (Å²) in [5.41, 5.74) is 5.42. The maximum Gasteiger partial charge on any atom is 0.268 e. The quantitative estimate of drug-likeness (QED) is 0.850. The van der Waals surface area contributed by atoms with Gasteiger partial charge in [0.05, 0.1) is 18.4 Å². The Morgan fingerprint density at radius 2 is 2.23 bits per heavy atom. The number of hydrogen-bond acceptors (Lipinski definition) is 6. The van der Waals surface area contributed by atoms with Crippen LogP contribution in [0.5, 0.6) is 0 Å². The second kappa shape index (κ2) is 6.85. The molecular formula is C15H19N5OS. The fourth-order valence-corrected chi connectivity index (χ4v) is 3.58. The molecule has 1 atom stereocenters. The maximum absolute atomic E-state index is 11.2. The predicted octanol–water partition coefficient (Wildman–Crippen LogP) is 1.89. The Labute approximate surface area is 133 Å². The van der Waals surface area contributed by atoms with E-state index in [9.17, 15) is 4.79 Å². The normalized spacial score (nSPS) is 16.5. The van der Waals surface area contributed by atoms with Crippen molar-refractivity contribution in [2.45, 2.75) is 18.9 Å². The molecule has 0 aliphatic carbocycles. The van der Waals surface area contributed by atoms with Crippen LogP contribution in [0.25, 0.3) is 0 Å². The molecule has 2 aromatic rings. The molecule has 1 aliphatic heterocycles. The standard InChI is InChI=1S/C15H19N5OS/c16-15(21)11-8-17-10-14(19-11)18-9-12(13-4-3-7-22-13)20-5-1-2-6-20/h3-4,7-8,10,12H,1-2,5-6,9H2,(H2,16,21)(H,18,19). The lowest BCUT2D eigenvalue weighted by Crippen LogP contribution is -2.30. The van der Waals surface area contributed by atoms with E-state index in [2.05, 4.69) is 37.7 Å². The number of rotatable bonds is 6. The summed E-state index contributed by atoms with van der Waals surface area (Å²) in [6.45, 7) is 2.98. The maximum atomic E-state index is 11.2. The molecule has 22 heavy (non-hydrogen) atoms. The van der Waals surface area contributed by atoms with E-state index in [0.717, 1.165) is 19.6 Å². The van der Waals surface area contributed by atoms with E-state index in [1.54, 1.807) is 17.5 Å². The first-order valence-corrected chi connectivity index (χ1v) is 8.25. The zero-order valence-corrected chi connectivity index (χ0v) is 13.1. The van der Waals surface area contributed by atoms with Gasteiger partial charge in [-0.3, -0.25) is 14.7 Å². The Morgan fingerprint density at radius 3 is 2.91 bits per heavy atom. The molecular weight excluding hydrogens is 298 g/mol. The van der Waals surface area contributed by atoms with Crippen LogP contribution < -0.4 is 11.1 Å². The van der Waals surface area contributed by atoms with Gasteiger partial charge < -0.3 is 11.1 Å². The van der Waals surface area contributed by atoms with Crippen LogP contribution in [-0.2, 0) is 0 Å². The molecule has 0 aromatic carbocycles. The summed E-state index contributed by atoms with van der Waals surface area (Å²) < 4.78 is 0. The molecule has 2 aromatic heterocycles.